The summed E-state index contributed by atoms with van der Waals surface area (Å²) in [6.07, 6.45) is 10.1. The van der Waals surface area contributed by atoms with E-state index < -0.39 is 10.8 Å². The summed E-state index contributed by atoms with van der Waals surface area (Å²) in [4.78, 5) is 16.2. The molecule has 1 aromatic heterocycles. The van der Waals surface area contributed by atoms with Gasteiger partial charge in [0.05, 0.1) is 10.8 Å². The third-order valence-corrected chi connectivity index (χ3v) is 15.2. The highest BCUT2D eigenvalue weighted by molar-refractivity contribution is 5.90. The Morgan fingerprint density at radius 3 is 1.35 bits per heavy atom. The zero-order valence-corrected chi connectivity index (χ0v) is 38.3. The fourth-order valence-electron chi connectivity index (χ4n) is 12.2. The maximum Gasteiger partial charge on any atom is 0.164 e. The van der Waals surface area contributed by atoms with E-state index in [0.29, 0.717) is 17.5 Å². The highest BCUT2D eigenvalue weighted by Crippen LogP contribution is 2.67. The van der Waals surface area contributed by atoms with Crippen molar-refractivity contribution in [3.8, 4) is 67.5 Å². The Morgan fingerprint density at radius 1 is 0.333 bits per heavy atom. The van der Waals surface area contributed by atoms with Crippen LogP contribution in [0.4, 0.5) is 0 Å². The number of nitrogens with zero attached hydrogens (tertiary/aromatic N) is 3. The van der Waals surface area contributed by atoms with E-state index >= 15 is 0 Å². The van der Waals surface area contributed by atoms with Crippen molar-refractivity contribution in [3.63, 3.8) is 0 Å². The monoisotopic (exact) mass is 881 g/mol. The predicted molar refractivity (Wildman–Crippen MR) is 282 cm³/mol. The van der Waals surface area contributed by atoms with Crippen LogP contribution < -0.4 is 0 Å². The van der Waals surface area contributed by atoms with Gasteiger partial charge in [0, 0.05) is 22.1 Å². The number of allylic oxidation sites excluding steroid dienone is 4. The van der Waals surface area contributed by atoms with Gasteiger partial charge in [0.25, 0.3) is 0 Å². The van der Waals surface area contributed by atoms with E-state index in [-0.39, 0.29) is 5.41 Å². The van der Waals surface area contributed by atoms with Gasteiger partial charge in [0.1, 0.15) is 0 Å². The molecule has 0 N–H and O–H groups in total. The van der Waals surface area contributed by atoms with Gasteiger partial charge in [-0.1, -0.05) is 237 Å². The second kappa shape index (κ2) is 16.1. The standard InChI is InChI=1S/C66H47N3/c1-64(39-21-6-22-40-64)66(52-29-13-5-14-30-52)58-36-20-19-35-57(58)65(55-33-17-15-31-53(55)54-32-16-18-34-56(54)65)60-44-48(37-38-59(60)66)62-67-61(47-27-11-4-12-28-47)68-63(69-62)51-42-49(45-23-7-2-8-24-45)41-50(43-51)46-25-9-3-10-26-46/h2-39,41-44H,40H2,1H3. The molecule has 2 atom stereocenters. The van der Waals surface area contributed by atoms with Gasteiger partial charge in [-0.2, -0.15) is 0 Å². The van der Waals surface area contributed by atoms with E-state index in [1.54, 1.807) is 0 Å². The van der Waals surface area contributed by atoms with E-state index in [2.05, 4.69) is 256 Å². The van der Waals surface area contributed by atoms with E-state index in [0.717, 1.165) is 45.4 Å². The fourth-order valence-corrected chi connectivity index (χ4v) is 12.2. The molecule has 10 aromatic rings. The molecular weight excluding hydrogens is 835 g/mol. The van der Waals surface area contributed by atoms with Crippen molar-refractivity contribution in [1.82, 2.24) is 15.0 Å². The molecule has 9 aromatic carbocycles. The largest absolute Gasteiger partial charge is 0.208 e. The molecule has 3 aliphatic rings. The molecule has 0 amide bonds. The van der Waals surface area contributed by atoms with Crippen LogP contribution in [0.3, 0.4) is 0 Å². The molecule has 0 saturated carbocycles. The zero-order valence-electron chi connectivity index (χ0n) is 38.3. The van der Waals surface area contributed by atoms with Crippen molar-refractivity contribution in [3.05, 3.63) is 294 Å². The summed E-state index contributed by atoms with van der Waals surface area (Å²) in [5, 5.41) is 0. The van der Waals surface area contributed by atoms with E-state index in [1.165, 1.54) is 50.1 Å². The zero-order chi connectivity index (χ0) is 46.0. The van der Waals surface area contributed by atoms with Crippen LogP contribution in [0.5, 0.6) is 0 Å². The summed E-state index contributed by atoms with van der Waals surface area (Å²) in [7, 11) is 0. The van der Waals surface area contributed by atoms with Gasteiger partial charge in [-0.05, 0) is 103 Å². The Morgan fingerprint density at radius 2 is 0.783 bits per heavy atom. The molecule has 0 bridgehead atoms. The molecular formula is C66H47N3. The van der Waals surface area contributed by atoms with Crippen molar-refractivity contribution >= 4 is 0 Å². The van der Waals surface area contributed by atoms with Crippen molar-refractivity contribution in [1.29, 1.82) is 0 Å². The molecule has 69 heavy (non-hydrogen) atoms. The molecule has 0 aliphatic heterocycles. The third-order valence-electron chi connectivity index (χ3n) is 15.2. The van der Waals surface area contributed by atoms with Gasteiger partial charge < -0.3 is 0 Å². The van der Waals surface area contributed by atoms with Crippen LogP contribution in [0.15, 0.2) is 255 Å². The minimum atomic E-state index is -0.648. The van der Waals surface area contributed by atoms with Crippen molar-refractivity contribution in [2.75, 3.05) is 0 Å². The minimum Gasteiger partial charge on any atom is -0.208 e. The number of hydrogen-bond acceptors (Lipinski definition) is 3. The maximum absolute atomic E-state index is 5.52. The molecule has 0 fully saturated rings. The second-order valence-electron chi connectivity index (χ2n) is 18.9. The van der Waals surface area contributed by atoms with Crippen LogP contribution in [0.2, 0.25) is 0 Å². The Labute approximate surface area is 403 Å². The summed E-state index contributed by atoms with van der Waals surface area (Å²) < 4.78 is 0. The van der Waals surface area contributed by atoms with Crippen LogP contribution >= 0.6 is 0 Å². The van der Waals surface area contributed by atoms with E-state index in [9.17, 15) is 0 Å². The van der Waals surface area contributed by atoms with Crippen LogP contribution in [0.25, 0.3) is 67.5 Å². The van der Waals surface area contributed by atoms with E-state index in [4.69, 9.17) is 15.0 Å². The predicted octanol–water partition coefficient (Wildman–Crippen LogP) is 15.7. The smallest absolute Gasteiger partial charge is 0.164 e. The summed E-state index contributed by atoms with van der Waals surface area (Å²) in [6.45, 7) is 2.46. The lowest BCUT2D eigenvalue weighted by atomic mass is 9.45. The number of benzene rings is 9. The van der Waals surface area contributed by atoms with Crippen LogP contribution in [0, 0.1) is 5.41 Å². The highest BCUT2D eigenvalue weighted by atomic mass is 15.0. The van der Waals surface area contributed by atoms with Crippen LogP contribution in [-0.2, 0) is 10.8 Å². The Balaban J connectivity index is 1.13. The summed E-state index contributed by atoms with van der Waals surface area (Å²) in [5.41, 5.74) is 17.2. The lowest BCUT2D eigenvalue weighted by Gasteiger charge is -2.56. The Bertz CT molecular complexity index is 3550. The average Bonchev–Trinajstić information content (AvgIpc) is 3.72. The van der Waals surface area contributed by atoms with Gasteiger partial charge in [-0.3, -0.25) is 0 Å². The van der Waals surface area contributed by atoms with E-state index in [1.807, 2.05) is 6.07 Å². The molecule has 3 heteroatoms. The fraction of sp³-hybridized carbons (Fsp3) is 0.0758. The van der Waals surface area contributed by atoms with Crippen LogP contribution in [-0.4, -0.2) is 15.0 Å². The quantitative estimate of drug-likeness (QED) is 0.160. The minimum absolute atomic E-state index is 0.338. The summed E-state index contributed by atoms with van der Waals surface area (Å²) in [5.74, 6) is 1.87. The normalized spacial score (nSPS) is 18.0. The first-order valence-corrected chi connectivity index (χ1v) is 24.0. The summed E-state index contributed by atoms with van der Waals surface area (Å²) >= 11 is 0. The molecule has 0 saturated heterocycles. The van der Waals surface area contributed by atoms with Gasteiger partial charge in [0.15, 0.2) is 17.5 Å². The number of hydrogen-bond donors (Lipinski definition) is 0. The highest BCUT2D eigenvalue weighted by Gasteiger charge is 2.61. The topological polar surface area (TPSA) is 38.7 Å². The average molecular weight is 882 g/mol. The maximum atomic E-state index is 5.52. The van der Waals surface area contributed by atoms with Gasteiger partial charge in [-0.15, -0.1) is 0 Å². The van der Waals surface area contributed by atoms with Gasteiger partial charge in [0.2, 0.25) is 0 Å². The molecule has 2 unspecified atom stereocenters. The van der Waals surface area contributed by atoms with Crippen molar-refractivity contribution in [2.45, 2.75) is 24.2 Å². The SMILES string of the molecule is CC1(C2(c3ccccc3)c3ccccc3C3(c4ccccc4-c4ccccc43)c3cc(-c4nc(-c5ccccc5)nc(-c5cc(-c6ccccc6)cc(-c6ccccc6)c5)n4)ccc32)C=CC=CC1. The lowest BCUT2D eigenvalue weighted by Crippen LogP contribution is -2.52. The molecule has 13 rings (SSSR count). The van der Waals surface area contributed by atoms with Gasteiger partial charge in [-0.25, -0.2) is 15.0 Å². The molecule has 1 spiro atoms. The van der Waals surface area contributed by atoms with Crippen LogP contribution in [0.1, 0.15) is 52.3 Å². The third kappa shape index (κ3) is 6.17. The number of rotatable bonds is 7. The van der Waals surface area contributed by atoms with Gasteiger partial charge >= 0.3 is 0 Å². The molecule has 326 valence electrons. The molecule has 1 heterocycles. The molecule has 0 radical (unpaired) electrons. The number of aromatic nitrogens is 3. The first-order chi connectivity index (χ1) is 34.1. The first-order valence-electron chi connectivity index (χ1n) is 24.0. The lowest BCUT2D eigenvalue weighted by molar-refractivity contribution is 0.276. The Kier molecular flexibility index (Phi) is 9.49. The second-order valence-corrected chi connectivity index (χ2v) is 18.9. The first kappa shape index (κ1) is 40.7. The Hall–Kier alpha value is -8.53. The van der Waals surface area contributed by atoms with Crippen molar-refractivity contribution in [2.24, 2.45) is 5.41 Å². The van der Waals surface area contributed by atoms with Crippen molar-refractivity contribution < 1.29 is 0 Å². The summed E-state index contributed by atoms with van der Waals surface area (Å²) in [6, 6.07) is 84.0. The molecule has 3 nitrogen and oxygen atoms in total. The number of fused-ring (bicyclic) bond motifs is 9. The molecule has 3 aliphatic carbocycles.